The van der Waals surface area contributed by atoms with Gasteiger partial charge in [0.15, 0.2) is 0 Å². The van der Waals surface area contributed by atoms with Crippen molar-refractivity contribution < 1.29 is 24.4 Å². The molecule has 4 N–H and O–H groups in total. The fourth-order valence-electron chi connectivity index (χ4n) is 0.800. The second kappa shape index (κ2) is 4.57. The normalized spacial score (nSPS) is 14.0. The Kier molecular flexibility index (Phi) is 4.41. The molecule has 1 atom stereocenters. The van der Waals surface area contributed by atoms with Crippen LogP contribution >= 0.6 is 7.60 Å². The highest BCUT2D eigenvalue weighted by atomic mass is 31.2. The zero-order valence-electron chi connectivity index (χ0n) is 6.60. The van der Waals surface area contributed by atoms with Gasteiger partial charge in [-0.25, -0.2) is 5.48 Å². The minimum Gasteiger partial charge on any atom is -0.324 e. The van der Waals surface area contributed by atoms with Gasteiger partial charge in [0.1, 0.15) is 5.66 Å². The lowest BCUT2D eigenvalue weighted by atomic mass is 10.2. The quantitative estimate of drug-likeness (QED) is 0.284. The molecule has 0 saturated heterocycles. The van der Waals surface area contributed by atoms with Crippen molar-refractivity contribution in [1.29, 1.82) is 0 Å². The number of amides is 1. The predicted molar refractivity (Wildman–Crippen MR) is 40.7 cm³/mol. The monoisotopic (exact) mass is 197 g/mol. The summed E-state index contributed by atoms with van der Waals surface area (Å²) in [6.07, 6.45) is 0.514. The van der Waals surface area contributed by atoms with E-state index in [-0.39, 0.29) is 6.42 Å². The van der Waals surface area contributed by atoms with E-state index in [2.05, 4.69) is 0 Å². The molecule has 0 aliphatic heterocycles. The maximum Gasteiger partial charge on any atom is 0.338 e. The highest BCUT2D eigenvalue weighted by molar-refractivity contribution is 7.53. The smallest absolute Gasteiger partial charge is 0.324 e. The molecular formula is C5H12NO5P. The van der Waals surface area contributed by atoms with Crippen molar-refractivity contribution >= 4 is 13.5 Å². The van der Waals surface area contributed by atoms with Crippen LogP contribution in [0, 0.1) is 0 Å². The van der Waals surface area contributed by atoms with E-state index in [1.807, 2.05) is 0 Å². The van der Waals surface area contributed by atoms with Crippen LogP contribution in [-0.2, 0) is 9.36 Å². The van der Waals surface area contributed by atoms with E-state index in [0.29, 0.717) is 6.42 Å². The molecule has 0 aromatic heterocycles. The van der Waals surface area contributed by atoms with Gasteiger partial charge >= 0.3 is 7.60 Å². The first-order chi connectivity index (χ1) is 5.43. The van der Waals surface area contributed by atoms with Crippen LogP contribution in [0.25, 0.3) is 0 Å². The maximum absolute atomic E-state index is 10.7. The van der Waals surface area contributed by atoms with Gasteiger partial charge in [-0.2, -0.15) is 0 Å². The van der Waals surface area contributed by atoms with Crippen LogP contribution in [0.1, 0.15) is 19.8 Å². The molecular weight excluding hydrogens is 185 g/mol. The largest absolute Gasteiger partial charge is 0.338 e. The van der Waals surface area contributed by atoms with E-state index in [9.17, 15) is 9.36 Å². The number of carbonyl (C=O) groups is 1. The lowest BCUT2D eigenvalue weighted by Gasteiger charge is -2.14. The summed E-state index contributed by atoms with van der Waals surface area (Å²) in [5, 5.41) is 8.15. The van der Waals surface area contributed by atoms with Crippen LogP contribution in [0.3, 0.4) is 0 Å². The van der Waals surface area contributed by atoms with Crippen molar-refractivity contribution in [1.82, 2.24) is 5.48 Å². The third kappa shape index (κ3) is 3.32. The Morgan fingerprint density at radius 3 is 2.33 bits per heavy atom. The molecule has 0 heterocycles. The van der Waals surface area contributed by atoms with Crippen molar-refractivity contribution in [2.45, 2.75) is 25.4 Å². The minimum atomic E-state index is -4.44. The average Bonchev–Trinajstić information content (AvgIpc) is 1.96. The van der Waals surface area contributed by atoms with Crippen LogP contribution in [-0.4, -0.2) is 26.6 Å². The number of carbonyl (C=O) groups excluding carboxylic acids is 1. The zero-order valence-corrected chi connectivity index (χ0v) is 7.49. The van der Waals surface area contributed by atoms with E-state index >= 15 is 0 Å². The van der Waals surface area contributed by atoms with Gasteiger partial charge < -0.3 is 9.79 Å². The first-order valence-electron chi connectivity index (χ1n) is 3.42. The van der Waals surface area contributed by atoms with Crippen LogP contribution in [0.5, 0.6) is 0 Å². The van der Waals surface area contributed by atoms with Gasteiger partial charge in [-0.3, -0.25) is 14.6 Å². The van der Waals surface area contributed by atoms with Gasteiger partial charge in [0.2, 0.25) is 0 Å². The molecule has 0 bridgehead atoms. The highest BCUT2D eigenvalue weighted by Gasteiger charge is 2.34. The summed E-state index contributed by atoms with van der Waals surface area (Å²) < 4.78 is 10.6. The van der Waals surface area contributed by atoms with E-state index in [0.717, 1.165) is 0 Å². The first kappa shape index (κ1) is 11.6. The van der Waals surface area contributed by atoms with Crippen molar-refractivity contribution in [3.05, 3.63) is 0 Å². The first-order valence-corrected chi connectivity index (χ1v) is 5.10. The number of rotatable bonds is 4. The molecule has 6 nitrogen and oxygen atoms in total. The third-order valence-electron chi connectivity index (χ3n) is 1.38. The lowest BCUT2D eigenvalue weighted by molar-refractivity contribution is -0.129. The van der Waals surface area contributed by atoms with Crippen LogP contribution in [0.4, 0.5) is 0 Å². The molecule has 72 valence electrons. The Morgan fingerprint density at radius 1 is 1.58 bits per heavy atom. The Bertz CT molecular complexity index is 200. The molecule has 0 aromatic rings. The van der Waals surface area contributed by atoms with Crippen molar-refractivity contribution in [3.63, 3.8) is 0 Å². The number of hydrogen-bond donors (Lipinski definition) is 4. The van der Waals surface area contributed by atoms with E-state index in [4.69, 9.17) is 15.0 Å². The van der Waals surface area contributed by atoms with E-state index in [1.54, 1.807) is 6.92 Å². The van der Waals surface area contributed by atoms with Gasteiger partial charge in [0.25, 0.3) is 5.91 Å². The molecule has 0 fully saturated rings. The predicted octanol–water partition coefficient (Wildman–Crippen LogP) is -0.162. The minimum absolute atomic E-state index is 0.0523. The molecule has 0 aliphatic carbocycles. The molecule has 12 heavy (non-hydrogen) atoms. The number of nitrogens with one attached hydrogen (secondary N) is 1. The molecule has 0 spiro atoms. The van der Waals surface area contributed by atoms with Crippen LogP contribution in [0.2, 0.25) is 0 Å². The summed E-state index contributed by atoms with van der Waals surface area (Å²) in [7, 11) is -4.44. The second-order valence-electron chi connectivity index (χ2n) is 2.37. The standard InChI is InChI=1S/C5H12NO5P/c1-2-3-4(5(7)6-8)12(9,10)11/h4,8H,2-3H2,1H3,(H,6,7)(H2,9,10,11). The molecule has 7 heteroatoms. The summed E-state index contributed by atoms with van der Waals surface area (Å²) in [4.78, 5) is 28.0. The van der Waals surface area contributed by atoms with Crippen molar-refractivity contribution in [2.75, 3.05) is 0 Å². The summed E-state index contributed by atoms with van der Waals surface area (Å²) in [6, 6.07) is 0. The third-order valence-corrected chi connectivity index (χ3v) is 2.69. The van der Waals surface area contributed by atoms with E-state index < -0.39 is 19.2 Å². The Morgan fingerprint density at radius 2 is 2.08 bits per heavy atom. The molecule has 1 unspecified atom stereocenters. The summed E-state index contributed by atoms with van der Waals surface area (Å²) in [5.41, 5.74) is -0.212. The maximum atomic E-state index is 10.7. The summed E-state index contributed by atoms with van der Waals surface area (Å²) in [6.45, 7) is 1.69. The highest BCUT2D eigenvalue weighted by Crippen LogP contribution is 2.43. The SMILES string of the molecule is CCCC(C(=O)NO)P(=O)(O)O. The Balaban J connectivity index is 4.44. The van der Waals surface area contributed by atoms with Crippen LogP contribution in [0.15, 0.2) is 0 Å². The van der Waals surface area contributed by atoms with Gasteiger partial charge in [-0.15, -0.1) is 0 Å². The molecule has 0 rings (SSSR count). The van der Waals surface area contributed by atoms with Gasteiger partial charge in [0, 0.05) is 0 Å². The molecule has 0 aliphatic rings. The number of hydrogen-bond acceptors (Lipinski definition) is 3. The zero-order chi connectivity index (χ0) is 9.78. The van der Waals surface area contributed by atoms with Gasteiger partial charge in [-0.05, 0) is 6.42 Å². The Hall–Kier alpha value is -0.420. The molecule has 0 radical (unpaired) electrons. The lowest BCUT2D eigenvalue weighted by Crippen LogP contribution is -2.32. The molecule has 1 amide bonds. The number of hydroxylamine groups is 1. The fourth-order valence-corrected chi connectivity index (χ4v) is 1.76. The van der Waals surface area contributed by atoms with Crippen molar-refractivity contribution in [2.24, 2.45) is 0 Å². The van der Waals surface area contributed by atoms with E-state index in [1.165, 1.54) is 5.48 Å². The summed E-state index contributed by atoms with van der Waals surface area (Å²) in [5.74, 6) is -1.04. The second-order valence-corrected chi connectivity index (χ2v) is 4.17. The fraction of sp³-hybridized carbons (Fsp3) is 0.800. The van der Waals surface area contributed by atoms with Crippen LogP contribution < -0.4 is 5.48 Å². The molecule has 0 saturated carbocycles. The average molecular weight is 197 g/mol. The topological polar surface area (TPSA) is 107 Å². The van der Waals surface area contributed by atoms with Crippen molar-refractivity contribution in [3.8, 4) is 0 Å². The molecule has 0 aromatic carbocycles. The summed E-state index contributed by atoms with van der Waals surface area (Å²) >= 11 is 0. The Labute approximate surface area is 69.7 Å². The van der Waals surface area contributed by atoms with Gasteiger partial charge in [-0.1, -0.05) is 13.3 Å². The van der Waals surface area contributed by atoms with Gasteiger partial charge in [0.05, 0.1) is 0 Å².